The number of hydrogen-bond donors (Lipinski definition) is 2. The van der Waals surface area contributed by atoms with E-state index >= 15 is 0 Å². The van der Waals surface area contributed by atoms with Crippen LogP contribution >= 0.6 is 0 Å². The Morgan fingerprint density at radius 2 is 2.36 bits per heavy atom. The Balaban J connectivity index is 2.56. The lowest BCUT2D eigenvalue weighted by molar-refractivity contribution is 0.0994. The van der Waals surface area contributed by atoms with E-state index in [1.165, 1.54) is 6.07 Å². The van der Waals surface area contributed by atoms with Gasteiger partial charge in [-0.25, -0.2) is 0 Å². The smallest absolute Gasteiger partial charge is 0.261 e. The van der Waals surface area contributed by atoms with E-state index in [-0.39, 0.29) is 5.56 Å². The predicted molar refractivity (Wildman–Crippen MR) is 48.9 cm³/mol. The lowest BCUT2D eigenvalue weighted by Crippen LogP contribution is -2.27. The summed E-state index contributed by atoms with van der Waals surface area (Å²) >= 11 is 0. The van der Waals surface area contributed by atoms with Gasteiger partial charge in [-0.15, -0.1) is 0 Å². The van der Waals surface area contributed by atoms with Crippen LogP contribution in [0.3, 0.4) is 0 Å². The van der Waals surface area contributed by atoms with Gasteiger partial charge < -0.3 is 15.5 Å². The highest BCUT2D eigenvalue weighted by Crippen LogP contribution is 2.13. The Kier molecular flexibility index (Phi) is 2.09. The van der Waals surface area contributed by atoms with Crippen LogP contribution < -0.4 is 11.3 Å². The zero-order valence-electron chi connectivity index (χ0n) is 7.50. The van der Waals surface area contributed by atoms with Crippen LogP contribution in [0, 0.1) is 0 Å². The largest absolute Gasteiger partial charge is 0.376 e. The molecule has 0 bridgehead atoms. The molecule has 3 N–H and O–H groups in total. The SMILES string of the molecule is NC(=O)c1cc2c([nH]c1=O)CCOC2. The minimum atomic E-state index is -0.709. The summed E-state index contributed by atoms with van der Waals surface area (Å²) in [7, 11) is 0. The van der Waals surface area contributed by atoms with Gasteiger partial charge in [-0.1, -0.05) is 0 Å². The number of carbonyl (C=O) groups is 1. The van der Waals surface area contributed by atoms with Crippen molar-refractivity contribution < 1.29 is 9.53 Å². The number of pyridine rings is 1. The number of nitrogens with one attached hydrogen (secondary N) is 1. The van der Waals surface area contributed by atoms with Crippen LogP contribution in [-0.4, -0.2) is 17.5 Å². The molecule has 1 aromatic rings. The molecular formula is C9H10N2O3. The van der Waals surface area contributed by atoms with Crippen LogP contribution in [0.4, 0.5) is 0 Å². The Morgan fingerprint density at radius 1 is 1.57 bits per heavy atom. The number of carbonyl (C=O) groups excluding carboxylic acids is 1. The van der Waals surface area contributed by atoms with Crippen molar-refractivity contribution in [1.29, 1.82) is 0 Å². The Morgan fingerprint density at radius 3 is 3.07 bits per heavy atom. The monoisotopic (exact) mass is 194 g/mol. The first kappa shape index (κ1) is 8.96. The Bertz CT molecular complexity index is 436. The van der Waals surface area contributed by atoms with E-state index < -0.39 is 11.5 Å². The second-order valence-electron chi connectivity index (χ2n) is 3.18. The van der Waals surface area contributed by atoms with Gasteiger partial charge in [-0.05, 0) is 11.6 Å². The first-order valence-electron chi connectivity index (χ1n) is 4.31. The number of H-pyrrole nitrogens is 1. The highest BCUT2D eigenvalue weighted by Gasteiger charge is 2.15. The molecule has 0 atom stereocenters. The number of primary amides is 1. The summed E-state index contributed by atoms with van der Waals surface area (Å²) in [6.45, 7) is 1.02. The summed E-state index contributed by atoms with van der Waals surface area (Å²) in [4.78, 5) is 24.8. The molecule has 5 heteroatoms. The summed E-state index contributed by atoms with van der Waals surface area (Å²) in [6, 6.07) is 1.51. The van der Waals surface area contributed by atoms with Crippen LogP contribution in [0.25, 0.3) is 0 Å². The number of aromatic nitrogens is 1. The molecule has 2 heterocycles. The molecule has 0 unspecified atom stereocenters. The van der Waals surface area contributed by atoms with Gasteiger partial charge in [0, 0.05) is 12.1 Å². The van der Waals surface area contributed by atoms with Gasteiger partial charge >= 0.3 is 0 Å². The molecule has 2 rings (SSSR count). The maximum atomic E-state index is 11.3. The Labute approximate surface area is 79.9 Å². The lowest BCUT2D eigenvalue weighted by atomic mass is 10.1. The number of aromatic amines is 1. The maximum absolute atomic E-state index is 11.3. The van der Waals surface area contributed by atoms with Crippen LogP contribution in [0.5, 0.6) is 0 Å². The second-order valence-corrected chi connectivity index (χ2v) is 3.18. The van der Waals surface area contributed by atoms with Crippen molar-refractivity contribution in [3.8, 4) is 0 Å². The molecular weight excluding hydrogens is 184 g/mol. The van der Waals surface area contributed by atoms with Crippen molar-refractivity contribution in [1.82, 2.24) is 4.98 Å². The highest BCUT2D eigenvalue weighted by molar-refractivity contribution is 5.92. The van der Waals surface area contributed by atoms with Crippen molar-refractivity contribution in [3.05, 3.63) is 33.2 Å². The summed E-state index contributed by atoms with van der Waals surface area (Å²) in [5.41, 5.74) is 6.30. The normalized spacial score (nSPS) is 14.9. The molecule has 1 amide bonds. The van der Waals surface area contributed by atoms with Gasteiger partial charge in [0.2, 0.25) is 0 Å². The van der Waals surface area contributed by atoms with Crippen LogP contribution in [0.15, 0.2) is 10.9 Å². The van der Waals surface area contributed by atoms with E-state index in [0.717, 1.165) is 11.3 Å². The molecule has 74 valence electrons. The number of hydrogen-bond acceptors (Lipinski definition) is 3. The van der Waals surface area contributed by atoms with E-state index in [0.29, 0.717) is 19.6 Å². The highest BCUT2D eigenvalue weighted by atomic mass is 16.5. The summed E-state index contributed by atoms with van der Waals surface area (Å²) in [5, 5.41) is 0. The third kappa shape index (κ3) is 1.42. The molecule has 0 saturated carbocycles. The zero-order chi connectivity index (χ0) is 10.1. The second kappa shape index (κ2) is 3.26. The van der Waals surface area contributed by atoms with Gasteiger partial charge in [-0.3, -0.25) is 9.59 Å². The first-order valence-corrected chi connectivity index (χ1v) is 4.31. The zero-order valence-corrected chi connectivity index (χ0v) is 7.50. The molecule has 0 spiro atoms. The molecule has 14 heavy (non-hydrogen) atoms. The van der Waals surface area contributed by atoms with Crippen molar-refractivity contribution in [3.63, 3.8) is 0 Å². The predicted octanol–water partition coefficient (Wildman–Crippen LogP) is -0.454. The van der Waals surface area contributed by atoms with Gasteiger partial charge in [0.25, 0.3) is 11.5 Å². The standard InChI is InChI=1S/C9H10N2O3/c10-8(12)6-3-5-4-14-2-1-7(5)11-9(6)13/h3H,1-2,4H2,(H2,10,12)(H,11,13). The quantitative estimate of drug-likeness (QED) is 0.634. The minimum absolute atomic E-state index is 0.00532. The topological polar surface area (TPSA) is 85.2 Å². The number of amides is 1. The lowest BCUT2D eigenvalue weighted by Gasteiger charge is -2.15. The summed E-state index contributed by atoms with van der Waals surface area (Å²) in [6.07, 6.45) is 0.670. The van der Waals surface area contributed by atoms with E-state index in [2.05, 4.69) is 4.98 Å². The fourth-order valence-electron chi connectivity index (χ4n) is 1.50. The number of ether oxygens (including phenoxy) is 1. The molecule has 0 saturated heterocycles. The van der Waals surface area contributed by atoms with Crippen LogP contribution in [-0.2, 0) is 17.8 Å². The molecule has 1 aromatic heterocycles. The molecule has 0 aliphatic carbocycles. The Hall–Kier alpha value is -1.62. The van der Waals surface area contributed by atoms with Gasteiger partial charge in [0.15, 0.2) is 0 Å². The average Bonchev–Trinajstić information content (AvgIpc) is 2.16. The van der Waals surface area contributed by atoms with E-state index in [1.807, 2.05) is 0 Å². The minimum Gasteiger partial charge on any atom is -0.376 e. The number of rotatable bonds is 1. The number of nitrogens with two attached hydrogens (primary N) is 1. The first-order chi connectivity index (χ1) is 6.68. The van der Waals surface area contributed by atoms with E-state index in [1.54, 1.807) is 0 Å². The summed E-state index contributed by atoms with van der Waals surface area (Å²) in [5.74, 6) is -0.709. The fourth-order valence-corrected chi connectivity index (χ4v) is 1.50. The van der Waals surface area contributed by atoms with Gasteiger partial charge in [-0.2, -0.15) is 0 Å². The molecule has 0 aromatic carbocycles. The third-order valence-electron chi connectivity index (χ3n) is 2.23. The van der Waals surface area contributed by atoms with Gasteiger partial charge in [0.05, 0.1) is 13.2 Å². The summed E-state index contributed by atoms with van der Waals surface area (Å²) < 4.78 is 5.20. The van der Waals surface area contributed by atoms with Crippen molar-refractivity contribution in [2.75, 3.05) is 6.61 Å². The van der Waals surface area contributed by atoms with E-state index in [9.17, 15) is 9.59 Å². The molecule has 0 fully saturated rings. The molecule has 1 aliphatic heterocycles. The van der Waals surface area contributed by atoms with E-state index in [4.69, 9.17) is 10.5 Å². The average molecular weight is 194 g/mol. The molecule has 5 nitrogen and oxygen atoms in total. The maximum Gasteiger partial charge on any atom is 0.261 e. The van der Waals surface area contributed by atoms with Crippen molar-refractivity contribution >= 4 is 5.91 Å². The van der Waals surface area contributed by atoms with Crippen LogP contribution in [0.1, 0.15) is 21.6 Å². The van der Waals surface area contributed by atoms with Crippen LogP contribution in [0.2, 0.25) is 0 Å². The van der Waals surface area contributed by atoms with Gasteiger partial charge in [0.1, 0.15) is 5.56 Å². The molecule has 1 aliphatic rings. The number of fused-ring (bicyclic) bond motifs is 1. The van der Waals surface area contributed by atoms with Crippen molar-refractivity contribution in [2.24, 2.45) is 5.73 Å². The third-order valence-corrected chi connectivity index (χ3v) is 2.23. The van der Waals surface area contributed by atoms with Crippen molar-refractivity contribution in [2.45, 2.75) is 13.0 Å². The molecule has 0 radical (unpaired) electrons. The fraction of sp³-hybridized carbons (Fsp3) is 0.333.